The van der Waals surface area contributed by atoms with Gasteiger partial charge < -0.3 is 15.5 Å². The summed E-state index contributed by atoms with van der Waals surface area (Å²) in [7, 11) is 0. The molecule has 3 nitrogen and oxygen atoms in total. The molecular weight excluding hydrogens is 173 g/mol. The van der Waals surface area contributed by atoms with Crippen molar-refractivity contribution in [1.82, 2.24) is 5.32 Å². The molecule has 0 aromatic carbocycles. The second-order valence-corrected chi connectivity index (χ2v) is 4.30. The van der Waals surface area contributed by atoms with Crippen molar-refractivity contribution >= 4 is 0 Å². The smallest absolute Gasteiger partial charge is 0.104 e. The first-order valence-electron chi connectivity index (χ1n) is 4.82. The number of β-amino-alcohol motifs (C(OH)–C–C–N with tert-alkyl or cyclic N) is 1. The summed E-state index contributed by atoms with van der Waals surface area (Å²) in [4.78, 5) is 0. The maximum atomic E-state index is 13.2. The fourth-order valence-corrected chi connectivity index (χ4v) is 2.47. The van der Waals surface area contributed by atoms with E-state index in [1.807, 2.05) is 0 Å². The lowest BCUT2D eigenvalue weighted by molar-refractivity contribution is -0.0782. The number of hydrogen-bond acceptors (Lipinski definition) is 3. The van der Waals surface area contributed by atoms with Gasteiger partial charge in [0.15, 0.2) is 0 Å². The molecule has 0 bridgehead atoms. The largest absolute Gasteiger partial charge is 0.390 e. The van der Waals surface area contributed by atoms with Crippen LogP contribution in [0.2, 0.25) is 0 Å². The zero-order valence-electron chi connectivity index (χ0n) is 7.70. The molecule has 1 aliphatic heterocycles. The van der Waals surface area contributed by atoms with Crippen molar-refractivity contribution in [2.24, 2.45) is 5.92 Å². The van der Waals surface area contributed by atoms with Gasteiger partial charge in [-0.05, 0) is 19.8 Å². The van der Waals surface area contributed by atoms with Gasteiger partial charge in [0.2, 0.25) is 0 Å². The number of piperidine rings is 1. The summed E-state index contributed by atoms with van der Waals surface area (Å²) in [5, 5.41) is 22.2. The molecule has 3 N–H and O–H groups in total. The van der Waals surface area contributed by atoms with Gasteiger partial charge in [-0.15, -0.1) is 0 Å². The van der Waals surface area contributed by atoms with Crippen molar-refractivity contribution in [1.29, 1.82) is 0 Å². The lowest BCUT2D eigenvalue weighted by Gasteiger charge is -2.40. The van der Waals surface area contributed by atoms with E-state index in [0.717, 1.165) is 12.8 Å². The van der Waals surface area contributed by atoms with Crippen LogP contribution in [-0.4, -0.2) is 40.7 Å². The summed E-state index contributed by atoms with van der Waals surface area (Å²) in [6.45, 7) is 1.83. The second-order valence-electron chi connectivity index (χ2n) is 4.30. The van der Waals surface area contributed by atoms with E-state index in [-0.39, 0.29) is 5.54 Å². The highest BCUT2D eigenvalue weighted by Gasteiger charge is 2.57. The molecule has 13 heavy (non-hydrogen) atoms. The van der Waals surface area contributed by atoms with E-state index in [1.54, 1.807) is 0 Å². The van der Waals surface area contributed by atoms with Gasteiger partial charge in [0, 0.05) is 18.0 Å². The van der Waals surface area contributed by atoms with Crippen LogP contribution in [0.25, 0.3) is 0 Å². The van der Waals surface area contributed by atoms with E-state index < -0.39 is 24.3 Å². The van der Waals surface area contributed by atoms with Crippen LogP contribution in [0, 0.1) is 5.92 Å². The quantitative estimate of drug-likeness (QED) is 0.536. The maximum absolute atomic E-state index is 13.2. The Bertz CT molecular complexity index is 206. The number of nitrogens with one attached hydrogen (secondary N) is 1. The third kappa shape index (κ3) is 1.37. The highest BCUT2D eigenvalue weighted by Crippen LogP contribution is 2.48. The van der Waals surface area contributed by atoms with Gasteiger partial charge in [-0.1, -0.05) is 0 Å². The predicted octanol–water partition coefficient (Wildman–Crippen LogP) is -0.182. The van der Waals surface area contributed by atoms with Gasteiger partial charge in [-0.3, -0.25) is 0 Å². The summed E-state index contributed by atoms with van der Waals surface area (Å²) in [5.41, 5.74) is -0.215. The first-order valence-corrected chi connectivity index (χ1v) is 4.82. The van der Waals surface area contributed by atoms with Gasteiger partial charge in [-0.2, -0.15) is 0 Å². The van der Waals surface area contributed by atoms with E-state index in [2.05, 4.69) is 5.32 Å². The second kappa shape index (κ2) is 2.90. The molecule has 0 radical (unpaired) electrons. The van der Waals surface area contributed by atoms with Crippen LogP contribution >= 0.6 is 0 Å². The number of aliphatic hydroxyl groups is 2. The molecular formula is C9H16FNO2. The molecule has 0 aromatic heterocycles. The third-order valence-corrected chi connectivity index (χ3v) is 3.35. The van der Waals surface area contributed by atoms with Crippen LogP contribution in [0.3, 0.4) is 0 Å². The Kier molecular flexibility index (Phi) is 2.09. The van der Waals surface area contributed by atoms with Crippen LogP contribution in [0.15, 0.2) is 0 Å². The van der Waals surface area contributed by atoms with Crippen LogP contribution in [0.4, 0.5) is 4.39 Å². The molecule has 2 aliphatic rings. The average molecular weight is 189 g/mol. The van der Waals surface area contributed by atoms with Crippen LogP contribution in [-0.2, 0) is 0 Å². The van der Waals surface area contributed by atoms with Crippen molar-refractivity contribution in [3.05, 3.63) is 0 Å². The first-order chi connectivity index (χ1) is 6.07. The number of alkyl halides is 1. The van der Waals surface area contributed by atoms with Gasteiger partial charge in [0.25, 0.3) is 0 Å². The number of hydrogen-bond donors (Lipinski definition) is 3. The van der Waals surface area contributed by atoms with Crippen molar-refractivity contribution in [2.45, 2.75) is 43.7 Å². The minimum atomic E-state index is -1.07. The summed E-state index contributed by atoms with van der Waals surface area (Å²) < 4.78 is 13.2. The Morgan fingerprint density at radius 2 is 2.08 bits per heavy atom. The molecule has 1 aliphatic carbocycles. The Morgan fingerprint density at radius 1 is 1.46 bits per heavy atom. The Labute approximate surface area is 77.0 Å². The third-order valence-electron chi connectivity index (χ3n) is 3.35. The molecule has 4 heteroatoms. The fraction of sp³-hybridized carbons (Fsp3) is 1.00. The van der Waals surface area contributed by atoms with Gasteiger partial charge in [0.1, 0.15) is 6.17 Å². The number of halogens is 1. The molecule has 2 rings (SSSR count). The van der Waals surface area contributed by atoms with Crippen LogP contribution < -0.4 is 5.32 Å². The van der Waals surface area contributed by atoms with Gasteiger partial charge in [-0.25, -0.2) is 4.39 Å². The van der Waals surface area contributed by atoms with Crippen LogP contribution in [0.5, 0.6) is 0 Å². The summed E-state index contributed by atoms with van der Waals surface area (Å²) in [6.07, 6.45) is -0.982. The topological polar surface area (TPSA) is 52.5 Å². The van der Waals surface area contributed by atoms with Gasteiger partial charge >= 0.3 is 0 Å². The van der Waals surface area contributed by atoms with Crippen molar-refractivity contribution in [2.75, 3.05) is 6.54 Å². The lowest BCUT2D eigenvalue weighted by atomic mass is 9.81. The molecule has 0 amide bonds. The minimum absolute atomic E-state index is 0.215. The molecule has 76 valence electrons. The predicted molar refractivity (Wildman–Crippen MR) is 46.0 cm³/mol. The molecule has 1 heterocycles. The zero-order valence-corrected chi connectivity index (χ0v) is 7.70. The minimum Gasteiger partial charge on any atom is -0.390 e. The van der Waals surface area contributed by atoms with E-state index >= 15 is 0 Å². The standard InChI is InChI=1S/C9H16FNO2/c1-5(10)7-8(13)6(12)4-11-9(7)2-3-9/h5-8,11-13H,2-4H2,1H3/t5?,6-,7-,8+/m1/s1. The Balaban J connectivity index is 2.16. The Hall–Kier alpha value is -0.190. The van der Waals surface area contributed by atoms with Crippen molar-refractivity contribution in [3.8, 4) is 0 Å². The highest BCUT2D eigenvalue weighted by atomic mass is 19.1. The number of aliphatic hydroxyl groups excluding tert-OH is 2. The summed E-state index contributed by atoms with van der Waals surface area (Å²) >= 11 is 0. The molecule has 4 atom stereocenters. The lowest BCUT2D eigenvalue weighted by Crippen LogP contribution is -2.60. The monoisotopic (exact) mass is 189 g/mol. The number of rotatable bonds is 1. The average Bonchev–Trinajstić information content (AvgIpc) is 2.79. The first kappa shape index (κ1) is 9.37. The van der Waals surface area contributed by atoms with E-state index in [0.29, 0.717) is 6.54 Å². The summed E-state index contributed by atoms with van der Waals surface area (Å²) in [6, 6.07) is 0. The van der Waals surface area contributed by atoms with E-state index in [1.165, 1.54) is 6.92 Å². The SMILES string of the molecule is CC(F)[C@@H]1[C@@H](O)[C@H](O)CNC12CC2. The Morgan fingerprint density at radius 3 is 2.54 bits per heavy atom. The molecule has 1 unspecified atom stereocenters. The molecule has 1 saturated carbocycles. The maximum Gasteiger partial charge on any atom is 0.104 e. The molecule has 1 spiro atoms. The molecule has 1 saturated heterocycles. The van der Waals surface area contributed by atoms with Crippen molar-refractivity contribution < 1.29 is 14.6 Å². The normalized spacial score (nSPS) is 44.8. The highest BCUT2D eigenvalue weighted by molar-refractivity contribution is 5.14. The van der Waals surface area contributed by atoms with E-state index in [4.69, 9.17) is 0 Å². The fourth-order valence-electron chi connectivity index (χ4n) is 2.47. The van der Waals surface area contributed by atoms with Crippen molar-refractivity contribution in [3.63, 3.8) is 0 Å². The van der Waals surface area contributed by atoms with Gasteiger partial charge in [0.05, 0.1) is 12.2 Å². The van der Waals surface area contributed by atoms with Crippen LogP contribution in [0.1, 0.15) is 19.8 Å². The summed E-state index contributed by atoms with van der Waals surface area (Å²) in [5.74, 6) is -0.448. The zero-order chi connectivity index (χ0) is 9.64. The molecule has 0 aromatic rings. The van der Waals surface area contributed by atoms with E-state index in [9.17, 15) is 14.6 Å². The molecule has 2 fully saturated rings.